The number of allylic oxidation sites excluding steroid dienone is 1. The van der Waals surface area contributed by atoms with Crippen LogP contribution in [0, 0.1) is 0 Å². The van der Waals surface area contributed by atoms with Gasteiger partial charge in [-0.25, -0.2) is 0 Å². The number of amides is 1. The number of ether oxygens (including phenoxy) is 1. The molecule has 0 unspecified atom stereocenters. The average Bonchev–Trinajstić information content (AvgIpc) is 2.47. The van der Waals surface area contributed by atoms with Gasteiger partial charge < -0.3 is 4.74 Å². The molecule has 0 bridgehead atoms. The molecule has 17 heavy (non-hydrogen) atoms. The Balaban J connectivity index is 2.22. The monoisotopic (exact) mass is 271 g/mol. The molecule has 1 saturated heterocycles. The Morgan fingerprint density at radius 3 is 2.71 bits per heavy atom. The smallest absolute Gasteiger partial charge is 0.231 e. The third-order valence-corrected chi connectivity index (χ3v) is 4.30. The molecule has 1 fully saturated rings. The fourth-order valence-corrected chi connectivity index (χ4v) is 3.78. The first-order chi connectivity index (χ1) is 7.83. The fraction of sp³-hybridized carbons (Fsp3) is 0.667. The van der Waals surface area contributed by atoms with Gasteiger partial charge in [-0.05, 0) is 39.4 Å². The van der Waals surface area contributed by atoms with Crippen molar-refractivity contribution in [3.8, 4) is 0 Å². The van der Waals surface area contributed by atoms with Crippen molar-refractivity contribution in [1.82, 2.24) is 4.90 Å². The number of thioether (sulfide) groups is 1. The molecular formula is C12H17NO2S2. The zero-order valence-electron chi connectivity index (χ0n) is 10.6. The number of carbonyl (C=O) groups excluding carboxylic acids is 1. The van der Waals surface area contributed by atoms with Gasteiger partial charge in [0.2, 0.25) is 11.0 Å². The predicted molar refractivity (Wildman–Crippen MR) is 73.6 cm³/mol. The molecule has 1 amide bonds. The molecular weight excluding hydrogens is 254 g/mol. The lowest BCUT2D eigenvalue weighted by Gasteiger charge is -2.36. The van der Waals surface area contributed by atoms with Crippen LogP contribution < -0.4 is 0 Å². The highest BCUT2D eigenvalue weighted by atomic mass is 32.2. The average molecular weight is 271 g/mol. The van der Waals surface area contributed by atoms with Gasteiger partial charge >= 0.3 is 0 Å². The van der Waals surface area contributed by atoms with E-state index in [1.54, 1.807) is 16.7 Å². The third kappa shape index (κ3) is 2.36. The predicted octanol–water partition coefficient (Wildman–Crippen LogP) is 3.06. The van der Waals surface area contributed by atoms with Gasteiger partial charge in [0, 0.05) is 4.91 Å². The minimum atomic E-state index is -0.320. The zero-order chi connectivity index (χ0) is 12.8. The van der Waals surface area contributed by atoms with Crippen LogP contribution in [0.3, 0.4) is 0 Å². The molecule has 3 nitrogen and oxygen atoms in total. The van der Waals surface area contributed by atoms with Crippen LogP contribution in [-0.2, 0) is 9.53 Å². The number of β-lactam (4-membered cyclic amide) rings is 1. The second-order valence-electron chi connectivity index (χ2n) is 5.17. The van der Waals surface area contributed by atoms with Crippen LogP contribution in [0.5, 0.6) is 0 Å². The highest BCUT2D eigenvalue weighted by Crippen LogP contribution is 2.47. The number of hydrogen-bond acceptors (Lipinski definition) is 4. The molecule has 5 heteroatoms. The summed E-state index contributed by atoms with van der Waals surface area (Å²) >= 11 is 7.08. The van der Waals surface area contributed by atoms with Crippen LogP contribution in [0.15, 0.2) is 10.6 Å². The Bertz CT molecular complexity index is 409. The van der Waals surface area contributed by atoms with Crippen molar-refractivity contribution in [1.29, 1.82) is 0 Å². The van der Waals surface area contributed by atoms with E-state index >= 15 is 0 Å². The SMILES string of the molecule is CCC1=C(C(=S)OC(C)(C)C)N2C(=O)C[C@H]2S1. The van der Waals surface area contributed by atoms with E-state index in [0.29, 0.717) is 11.5 Å². The molecule has 2 rings (SSSR count). The Hall–Kier alpha value is -0.550. The summed E-state index contributed by atoms with van der Waals surface area (Å²) in [6, 6.07) is 0. The molecule has 94 valence electrons. The molecule has 2 aliphatic heterocycles. The van der Waals surface area contributed by atoms with Crippen LogP contribution in [0.2, 0.25) is 0 Å². The van der Waals surface area contributed by atoms with E-state index in [-0.39, 0.29) is 16.9 Å². The summed E-state index contributed by atoms with van der Waals surface area (Å²) in [4.78, 5) is 14.6. The lowest BCUT2D eigenvalue weighted by atomic mass is 10.1. The van der Waals surface area contributed by atoms with Gasteiger partial charge in [0.15, 0.2) is 0 Å². The van der Waals surface area contributed by atoms with Gasteiger partial charge in [-0.3, -0.25) is 9.69 Å². The van der Waals surface area contributed by atoms with Gasteiger partial charge in [0.05, 0.1) is 11.8 Å². The fourth-order valence-electron chi connectivity index (χ4n) is 1.89. The maximum Gasteiger partial charge on any atom is 0.231 e. The van der Waals surface area contributed by atoms with E-state index < -0.39 is 0 Å². The van der Waals surface area contributed by atoms with Crippen molar-refractivity contribution in [2.24, 2.45) is 0 Å². The van der Waals surface area contributed by atoms with Crippen molar-refractivity contribution in [2.45, 2.75) is 51.5 Å². The molecule has 0 N–H and O–H groups in total. The first-order valence-electron chi connectivity index (χ1n) is 5.78. The summed E-state index contributed by atoms with van der Waals surface area (Å²) in [6.07, 6.45) is 1.52. The van der Waals surface area contributed by atoms with Crippen molar-refractivity contribution < 1.29 is 9.53 Å². The number of rotatable bonds is 2. The van der Waals surface area contributed by atoms with Crippen LogP contribution >= 0.6 is 24.0 Å². The Kier molecular flexibility index (Phi) is 3.25. The first kappa shape index (κ1) is 12.9. The van der Waals surface area contributed by atoms with Crippen molar-refractivity contribution in [3.05, 3.63) is 10.6 Å². The molecule has 2 aliphatic rings. The highest BCUT2D eigenvalue weighted by Gasteiger charge is 2.47. The number of thiocarbonyl (C=S) groups is 1. The summed E-state index contributed by atoms with van der Waals surface area (Å²) in [5, 5.41) is 0.714. The zero-order valence-corrected chi connectivity index (χ0v) is 12.2. The van der Waals surface area contributed by atoms with Crippen LogP contribution in [0.1, 0.15) is 40.5 Å². The maximum atomic E-state index is 11.6. The van der Waals surface area contributed by atoms with Crippen LogP contribution in [-0.4, -0.2) is 26.8 Å². The summed E-state index contributed by atoms with van der Waals surface area (Å²) < 4.78 is 5.72. The Labute approximate surface area is 112 Å². The van der Waals surface area contributed by atoms with E-state index in [9.17, 15) is 4.79 Å². The van der Waals surface area contributed by atoms with E-state index in [1.807, 2.05) is 20.8 Å². The van der Waals surface area contributed by atoms with E-state index in [4.69, 9.17) is 17.0 Å². The summed E-state index contributed by atoms with van der Waals surface area (Å²) in [5.74, 6) is 0.154. The number of fused-ring (bicyclic) bond motifs is 1. The maximum absolute atomic E-state index is 11.6. The second-order valence-corrected chi connectivity index (χ2v) is 6.81. The van der Waals surface area contributed by atoms with Gasteiger partial charge in [-0.15, -0.1) is 11.8 Å². The second kappa shape index (κ2) is 4.28. The van der Waals surface area contributed by atoms with Gasteiger partial charge in [-0.2, -0.15) is 0 Å². The van der Waals surface area contributed by atoms with Gasteiger partial charge in [-0.1, -0.05) is 6.92 Å². The number of hydrogen-bond donors (Lipinski definition) is 0. The van der Waals surface area contributed by atoms with Gasteiger partial charge in [0.1, 0.15) is 11.3 Å². The van der Waals surface area contributed by atoms with Gasteiger partial charge in [0.25, 0.3) is 0 Å². The van der Waals surface area contributed by atoms with E-state index in [1.165, 1.54) is 4.91 Å². The highest BCUT2D eigenvalue weighted by molar-refractivity contribution is 8.04. The van der Waals surface area contributed by atoms with Crippen LogP contribution in [0.4, 0.5) is 0 Å². The molecule has 1 atom stereocenters. The first-order valence-corrected chi connectivity index (χ1v) is 7.07. The van der Waals surface area contributed by atoms with Crippen molar-refractivity contribution in [3.63, 3.8) is 0 Å². The minimum Gasteiger partial charge on any atom is -0.476 e. The Morgan fingerprint density at radius 1 is 1.59 bits per heavy atom. The molecule has 0 aliphatic carbocycles. The van der Waals surface area contributed by atoms with Crippen LogP contribution in [0.25, 0.3) is 0 Å². The summed E-state index contributed by atoms with van der Waals surface area (Å²) in [5.41, 5.74) is 0.517. The standard InChI is InChI=1S/C12H17NO2S2/c1-5-7-10(11(16)15-12(2,3)4)13-8(14)6-9(13)17-7/h9H,5-6H2,1-4H3/t9-/m1/s1. The number of carbonyl (C=O) groups is 1. The molecule has 0 saturated carbocycles. The number of nitrogens with zero attached hydrogens (tertiary/aromatic N) is 1. The topological polar surface area (TPSA) is 29.5 Å². The molecule has 0 aromatic rings. The Morgan fingerprint density at radius 2 is 2.24 bits per heavy atom. The summed E-state index contributed by atoms with van der Waals surface area (Å²) in [7, 11) is 0. The lowest BCUT2D eigenvalue weighted by Crippen LogP contribution is -2.49. The quantitative estimate of drug-likeness (QED) is 0.570. The normalized spacial score (nSPS) is 23.6. The lowest BCUT2D eigenvalue weighted by molar-refractivity contribution is -0.137. The minimum absolute atomic E-state index is 0.154. The van der Waals surface area contributed by atoms with Crippen molar-refractivity contribution in [2.75, 3.05) is 0 Å². The third-order valence-electron chi connectivity index (χ3n) is 2.60. The van der Waals surface area contributed by atoms with E-state index in [2.05, 4.69) is 6.92 Å². The molecule has 0 spiro atoms. The molecule has 2 heterocycles. The molecule has 0 aromatic heterocycles. The van der Waals surface area contributed by atoms with E-state index in [0.717, 1.165) is 12.1 Å². The largest absolute Gasteiger partial charge is 0.476 e. The summed E-state index contributed by atoms with van der Waals surface area (Å²) in [6.45, 7) is 7.97. The molecule has 0 radical (unpaired) electrons. The molecule has 0 aromatic carbocycles. The van der Waals surface area contributed by atoms with Crippen molar-refractivity contribution >= 4 is 34.9 Å².